The van der Waals surface area contributed by atoms with Crippen LogP contribution in [0.2, 0.25) is 0 Å². The lowest BCUT2D eigenvalue weighted by Crippen LogP contribution is -2.12. The minimum Gasteiger partial charge on any atom is -0.340 e. The predicted molar refractivity (Wildman–Crippen MR) is 100 cm³/mol. The van der Waals surface area contributed by atoms with Gasteiger partial charge in [0.2, 0.25) is 5.95 Å². The highest BCUT2D eigenvalue weighted by Crippen LogP contribution is 2.35. The van der Waals surface area contributed by atoms with Crippen molar-refractivity contribution in [1.29, 1.82) is 0 Å². The maximum atomic E-state index is 13.4. The van der Waals surface area contributed by atoms with Crippen LogP contribution in [0.3, 0.4) is 0 Å². The first-order valence-electron chi connectivity index (χ1n) is 8.58. The Labute approximate surface area is 155 Å². The molecule has 1 heterocycles. The van der Waals surface area contributed by atoms with Gasteiger partial charge in [-0.2, -0.15) is 18.2 Å². The second-order valence-electron chi connectivity index (χ2n) is 6.02. The Kier molecular flexibility index (Phi) is 5.59. The first-order valence-corrected chi connectivity index (χ1v) is 8.58. The SMILES string of the molecule is CCCc1cccc(Nc2nc(Nc3ccccc3)ncc2C(F)(F)F)c1. The maximum Gasteiger partial charge on any atom is 0.421 e. The van der Waals surface area contributed by atoms with Gasteiger partial charge < -0.3 is 10.6 Å². The van der Waals surface area contributed by atoms with Crippen LogP contribution in [0.15, 0.2) is 60.8 Å². The van der Waals surface area contributed by atoms with E-state index in [2.05, 4.69) is 20.6 Å². The van der Waals surface area contributed by atoms with Crippen LogP contribution in [0.4, 0.5) is 36.3 Å². The predicted octanol–water partition coefficient (Wildman–Crippen LogP) is 5.94. The zero-order chi connectivity index (χ0) is 19.3. The Morgan fingerprint density at radius 3 is 2.37 bits per heavy atom. The molecule has 140 valence electrons. The fraction of sp³-hybridized carbons (Fsp3) is 0.200. The Morgan fingerprint density at radius 1 is 0.926 bits per heavy atom. The number of hydrogen-bond acceptors (Lipinski definition) is 4. The van der Waals surface area contributed by atoms with Crippen LogP contribution >= 0.6 is 0 Å². The van der Waals surface area contributed by atoms with Gasteiger partial charge in [-0.05, 0) is 36.2 Å². The van der Waals surface area contributed by atoms with Gasteiger partial charge in [0.1, 0.15) is 11.4 Å². The van der Waals surface area contributed by atoms with Gasteiger partial charge in [-0.1, -0.05) is 43.7 Å². The van der Waals surface area contributed by atoms with Gasteiger partial charge in [0, 0.05) is 17.6 Å². The van der Waals surface area contributed by atoms with E-state index in [4.69, 9.17) is 0 Å². The molecule has 0 unspecified atom stereocenters. The molecule has 3 rings (SSSR count). The molecule has 1 aromatic heterocycles. The lowest BCUT2D eigenvalue weighted by atomic mass is 10.1. The number of rotatable bonds is 6. The highest BCUT2D eigenvalue weighted by molar-refractivity contribution is 5.63. The molecule has 0 fully saturated rings. The van der Waals surface area contributed by atoms with Crippen molar-refractivity contribution in [2.75, 3.05) is 10.6 Å². The first-order chi connectivity index (χ1) is 13.0. The molecule has 0 aliphatic heterocycles. The largest absolute Gasteiger partial charge is 0.421 e. The van der Waals surface area contributed by atoms with Crippen LogP contribution < -0.4 is 10.6 Å². The van der Waals surface area contributed by atoms with Crippen molar-refractivity contribution in [3.05, 3.63) is 71.9 Å². The van der Waals surface area contributed by atoms with Gasteiger partial charge in [0.25, 0.3) is 0 Å². The number of aromatic nitrogens is 2. The number of alkyl halides is 3. The van der Waals surface area contributed by atoms with Gasteiger partial charge in [0.15, 0.2) is 0 Å². The molecule has 0 amide bonds. The highest BCUT2D eigenvalue weighted by atomic mass is 19.4. The molecule has 4 nitrogen and oxygen atoms in total. The van der Waals surface area contributed by atoms with Crippen molar-refractivity contribution in [1.82, 2.24) is 9.97 Å². The van der Waals surface area contributed by atoms with E-state index in [9.17, 15) is 13.2 Å². The van der Waals surface area contributed by atoms with E-state index in [1.807, 2.05) is 43.3 Å². The molecule has 0 aliphatic rings. The number of nitrogens with one attached hydrogen (secondary N) is 2. The van der Waals surface area contributed by atoms with Crippen LogP contribution in [-0.4, -0.2) is 9.97 Å². The summed E-state index contributed by atoms with van der Waals surface area (Å²) in [5.74, 6) is -0.203. The number of halogens is 3. The topological polar surface area (TPSA) is 49.8 Å². The maximum absolute atomic E-state index is 13.4. The van der Waals surface area contributed by atoms with Crippen molar-refractivity contribution in [2.45, 2.75) is 25.9 Å². The summed E-state index contributed by atoms with van der Waals surface area (Å²) in [4.78, 5) is 7.86. The molecule has 27 heavy (non-hydrogen) atoms. The normalized spacial score (nSPS) is 11.3. The highest BCUT2D eigenvalue weighted by Gasteiger charge is 2.35. The number of anilines is 4. The van der Waals surface area contributed by atoms with E-state index in [-0.39, 0.29) is 11.8 Å². The van der Waals surface area contributed by atoms with Crippen LogP contribution in [0.5, 0.6) is 0 Å². The van der Waals surface area contributed by atoms with E-state index in [0.29, 0.717) is 11.4 Å². The van der Waals surface area contributed by atoms with E-state index < -0.39 is 11.7 Å². The standard InChI is InChI=1S/C20H19F3N4/c1-2-7-14-8-6-11-16(12-14)25-18-17(20(21,22)23)13-24-19(27-18)26-15-9-4-3-5-10-15/h3-6,8-13H,2,7H2,1H3,(H2,24,25,26,27). The average Bonchev–Trinajstić information content (AvgIpc) is 2.62. The second-order valence-corrected chi connectivity index (χ2v) is 6.02. The van der Waals surface area contributed by atoms with E-state index in [1.54, 1.807) is 18.2 Å². The summed E-state index contributed by atoms with van der Waals surface area (Å²) < 4.78 is 40.1. The fourth-order valence-corrected chi connectivity index (χ4v) is 2.63. The summed E-state index contributed by atoms with van der Waals surface area (Å²) in [7, 11) is 0. The molecule has 0 saturated heterocycles. The van der Waals surface area contributed by atoms with E-state index in [0.717, 1.165) is 24.6 Å². The van der Waals surface area contributed by atoms with Crippen molar-refractivity contribution < 1.29 is 13.2 Å². The second kappa shape index (κ2) is 8.07. The van der Waals surface area contributed by atoms with Gasteiger partial charge in [-0.3, -0.25) is 0 Å². The molecule has 0 atom stereocenters. The third-order valence-corrected chi connectivity index (χ3v) is 3.85. The minimum absolute atomic E-state index is 0.0846. The van der Waals surface area contributed by atoms with Crippen molar-refractivity contribution in [2.24, 2.45) is 0 Å². The lowest BCUT2D eigenvalue weighted by molar-refractivity contribution is -0.137. The number of nitrogens with zero attached hydrogens (tertiary/aromatic N) is 2. The number of para-hydroxylation sites is 1. The van der Waals surface area contributed by atoms with Gasteiger partial charge >= 0.3 is 6.18 Å². The molecular formula is C20H19F3N4. The Hall–Kier alpha value is -3.09. The summed E-state index contributed by atoms with van der Waals surface area (Å²) in [5, 5.41) is 5.70. The molecule has 0 bridgehead atoms. The van der Waals surface area contributed by atoms with Crippen LogP contribution in [-0.2, 0) is 12.6 Å². The Bertz CT molecular complexity index is 895. The molecule has 0 spiro atoms. The Morgan fingerprint density at radius 2 is 1.67 bits per heavy atom. The molecule has 7 heteroatoms. The third-order valence-electron chi connectivity index (χ3n) is 3.85. The number of hydrogen-bond donors (Lipinski definition) is 2. The Balaban J connectivity index is 1.93. The third kappa shape index (κ3) is 4.97. The molecule has 2 N–H and O–H groups in total. The van der Waals surface area contributed by atoms with Crippen molar-refractivity contribution >= 4 is 23.1 Å². The van der Waals surface area contributed by atoms with Gasteiger partial charge in [-0.25, -0.2) is 4.98 Å². The number of aryl methyl sites for hydroxylation is 1. The molecular weight excluding hydrogens is 353 g/mol. The molecule has 3 aromatic rings. The molecule has 2 aromatic carbocycles. The number of benzene rings is 2. The first kappa shape index (κ1) is 18.7. The van der Waals surface area contributed by atoms with Gasteiger partial charge in [-0.15, -0.1) is 0 Å². The van der Waals surface area contributed by atoms with Crippen molar-refractivity contribution in [3.63, 3.8) is 0 Å². The minimum atomic E-state index is -4.56. The average molecular weight is 372 g/mol. The summed E-state index contributed by atoms with van der Waals surface area (Å²) in [6.45, 7) is 2.05. The van der Waals surface area contributed by atoms with E-state index >= 15 is 0 Å². The quantitative estimate of drug-likeness (QED) is 0.563. The van der Waals surface area contributed by atoms with E-state index in [1.165, 1.54) is 0 Å². The smallest absolute Gasteiger partial charge is 0.340 e. The van der Waals surface area contributed by atoms with Crippen LogP contribution in [0, 0.1) is 0 Å². The summed E-state index contributed by atoms with van der Waals surface area (Å²) in [6.07, 6.45) is -1.97. The fourth-order valence-electron chi connectivity index (χ4n) is 2.63. The zero-order valence-corrected chi connectivity index (χ0v) is 14.7. The van der Waals surface area contributed by atoms with Crippen LogP contribution in [0.1, 0.15) is 24.5 Å². The van der Waals surface area contributed by atoms with Crippen molar-refractivity contribution in [3.8, 4) is 0 Å². The molecule has 0 aliphatic carbocycles. The van der Waals surface area contributed by atoms with Gasteiger partial charge in [0.05, 0.1) is 0 Å². The summed E-state index contributed by atoms with van der Waals surface area (Å²) in [6, 6.07) is 16.3. The molecule has 0 saturated carbocycles. The molecule has 0 radical (unpaired) electrons. The lowest BCUT2D eigenvalue weighted by Gasteiger charge is -2.15. The summed E-state index contributed by atoms with van der Waals surface area (Å²) in [5.41, 5.74) is 1.37. The monoisotopic (exact) mass is 372 g/mol. The van der Waals surface area contributed by atoms with Crippen LogP contribution in [0.25, 0.3) is 0 Å². The zero-order valence-electron chi connectivity index (χ0n) is 14.7. The summed E-state index contributed by atoms with van der Waals surface area (Å²) >= 11 is 0.